The van der Waals surface area contributed by atoms with Crippen molar-refractivity contribution in [3.63, 3.8) is 0 Å². The van der Waals surface area contributed by atoms with Crippen LogP contribution in [-0.4, -0.2) is 15.0 Å². The summed E-state index contributed by atoms with van der Waals surface area (Å²) < 4.78 is 7.23. The average Bonchev–Trinajstić information content (AvgIpc) is 3.59. The van der Waals surface area contributed by atoms with Gasteiger partial charge in [-0.2, -0.15) is 0 Å². The maximum Gasteiger partial charge on any atom is 0.164 e. The number of ether oxygens (including phenoxy) is 1. The molecule has 0 fully saturated rings. The summed E-state index contributed by atoms with van der Waals surface area (Å²) in [6.45, 7) is 4.63. The fourth-order valence-electron chi connectivity index (χ4n) is 9.76. The number of benzene rings is 9. The van der Waals surface area contributed by atoms with E-state index in [2.05, 4.69) is 208 Å². The zero-order chi connectivity index (χ0) is 44.2. The molecule has 0 saturated heterocycles. The van der Waals surface area contributed by atoms with Gasteiger partial charge in [0.15, 0.2) is 17.5 Å². The normalized spacial score (nSPS) is 13.4. The van der Waals surface area contributed by atoms with Crippen molar-refractivity contribution in [3.05, 3.63) is 235 Å². The molecule has 0 atom stereocenters. The summed E-state index contributed by atoms with van der Waals surface area (Å²) in [5.74, 6) is 3.37. The number of rotatable bonds is 5. The SMILES string of the molecule is CC1(C)c2ccccc2-c2cc3c(cc21)Oc1ccccc1-c1ccccc1/C=C\c1ccc(-c2nc(-c4ccccc4)nc(-c4cc(-c5ccccc5)cc(-c5ccccc5)c4)n2)cc1-3. The predicted molar refractivity (Wildman–Crippen MR) is 271 cm³/mol. The summed E-state index contributed by atoms with van der Waals surface area (Å²) in [5.41, 5.74) is 18.2. The first kappa shape index (κ1) is 39.1. The highest BCUT2D eigenvalue weighted by Crippen LogP contribution is 2.53. The van der Waals surface area contributed by atoms with Crippen molar-refractivity contribution < 1.29 is 4.74 Å². The number of para-hydroxylation sites is 1. The molecule has 9 aromatic carbocycles. The summed E-state index contributed by atoms with van der Waals surface area (Å²) in [6.07, 6.45) is 4.45. The van der Waals surface area contributed by atoms with Crippen molar-refractivity contribution in [2.45, 2.75) is 19.3 Å². The second-order valence-electron chi connectivity index (χ2n) is 17.6. The van der Waals surface area contributed by atoms with Gasteiger partial charge >= 0.3 is 0 Å². The van der Waals surface area contributed by atoms with Crippen LogP contribution in [0.2, 0.25) is 0 Å². The standard InChI is InChI=1S/C62H43N3O/c1-62(2)55-28-16-14-26-50(55)53-38-54-52-37-45(33-32-43(52)31-30-42-22-12-13-25-49(42)51-27-15-17-29-57(51)66-58(54)39-56(53)62)60-63-59(44-23-10-5-11-24-44)64-61(65-60)48-35-46(40-18-6-3-7-19-40)34-47(36-48)41-20-8-4-9-21-41/h3-39H,1-2H3/b31-30-. The quantitative estimate of drug-likeness (QED) is 0.173. The molecule has 1 aromatic heterocycles. The highest BCUT2D eigenvalue weighted by atomic mass is 16.5. The van der Waals surface area contributed by atoms with E-state index >= 15 is 0 Å². The van der Waals surface area contributed by atoms with Crippen LogP contribution in [0.25, 0.3) is 102 Å². The van der Waals surface area contributed by atoms with E-state index in [4.69, 9.17) is 19.7 Å². The highest BCUT2D eigenvalue weighted by Gasteiger charge is 2.37. The lowest BCUT2D eigenvalue weighted by Crippen LogP contribution is -2.15. The van der Waals surface area contributed by atoms with Crippen LogP contribution >= 0.6 is 0 Å². The Bertz CT molecular complexity index is 3460. The van der Waals surface area contributed by atoms with E-state index in [9.17, 15) is 0 Å². The van der Waals surface area contributed by atoms with Crippen LogP contribution in [-0.2, 0) is 5.41 Å². The second kappa shape index (κ2) is 16.0. The molecule has 0 N–H and O–H groups in total. The molecule has 312 valence electrons. The van der Waals surface area contributed by atoms with E-state index in [0.29, 0.717) is 17.5 Å². The monoisotopic (exact) mass is 845 g/mol. The number of hydrogen-bond donors (Lipinski definition) is 0. The number of fused-ring (bicyclic) bond motifs is 9. The van der Waals surface area contributed by atoms with E-state index in [1.807, 2.05) is 30.3 Å². The molecule has 0 bridgehead atoms. The number of aromatic nitrogens is 3. The fraction of sp³-hybridized carbons (Fsp3) is 0.0484. The van der Waals surface area contributed by atoms with Gasteiger partial charge in [0.05, 0.1) is 0 Å². The molecule has 0 radical (unpaired) electrons. The van der Waals surface area contributed by atoms with Crippen molar-refractivity contribution in [2.75, 3.05) is 0 Å². The van der Waals surface area contributed by atoms with Crippen LogP contribution in [0.5, 0.6) is 11.5 Å². The molecule has 12 rings (SSSR count). The minimum Gasteiger partial charge on any atom is -0.456 e. The molecule has 0 unspecified atom stereocenters. The van der Waals surface area contributed by atoms with Crippen LogP contribution < -0.4 is 4.74 Å². The van der Waals surface area contributed by atoms with Crippen LogP contribution in [0.3, 0.4) is 0 Å². The van der Waals surface area contributed by atoms with E-state index in [1.165, 1.54) is 22.3 Å². The van der Waals surface area contributed by atoms with Crippen LogP contribution in [0.4, 0.5) is 0 Å². The van der Waals surface area contributed by atoms with Gasteiger partial charge in [-0.3, -0.25) is 0 Å². The van der Waals surface area contributed by atoms with E-state index in [1.54, 1.807) is 0 Å². The van der Waals surface area contributed by atoms with E-state index < -0.39 is 0 Å². The lowest BCUT2D eigenvalue weighted by molar-refractivity contribution is 0.484. The van der Waals surface area contributed by atoms with Gasteiger partial charge in [0.1, 0.15) is 11.5 Å². The van der Waals surface area contributed by atoms with Crippen molar-refractivity contribution in [1.29, 1.82) is 0 Å². The first-order chi connectivity index (χ1) is 32.4. The van der Waals surface area contributed by atoms with Crippen molar-refractivity contribution in [3.8, 4) is 101 Å². The van der Waals surface area contributed by atoms with Crippen LogP contribution in [0, 0.1) is 0 Å². The minimum atomic E-state index is -0.222. The largest absolute Gasteiger partial charge is 0.456 e. The van der Waals surface area contributed by atoms with Gasteiger partial charge in [0.25, 0.3) is 0 Å². The Hall–Kier alpha value is -8.47. The van der Waals surface area contributed by atoms with Gasteiger partial charge in [-0.05, 0) is 109 Å². The van der Waals surface area contributed by atoms with E-state index in [0.717, 1.165) is 83.8 Å². The summed E-state index contributed by atoms with van der Waals surface area (Å²) in [5, 5.41) is 0. The summed E-state index contributed by atoms with van der Waals surface area (Å²) in [4.78, 5) is 15.8. The van der Waals surface area contributed by atoms with Crippen molar-refractivity contribution in [1.82, 2.24) is 15.0 Å². The third kappa shape index (κ3) is 6.91. The first-order valence-electron chi connectivity index (χ1n) is 22.5. The Kier molecular flexibility index (Phi) is 9.46. The molecule has 1 aliphatic carbocycles. The molecule has 10 aromatic rings. The van der Waals surface area contributed by atoms with Crippen molar-refractivity contribution in [2.24, 2.45) is 0 Å². The van der Waals surface area contributed by atoms with Gasteiger partial charge in [0.2, 0.25) is 0 Å². The number of nitrogens with zero attached hydrogens (tertiary/aromatic N) is 3. The Morgan fingerprint density at radius 3 is 1.50 bits per heavy atom. The molecule has 0 saturated carbocycles. The van der Waals surface area contributed by atoms with Gasteiger partial charge in [0, 0.05) is 33.2 Å². The summed E-state index contributed by atoms with van der Waals surface area (Å²) in [6, 6.07) is 74.7. The van der Waals surface area contributed by atoms with Gasteiger partial charge in [-0.1, -0.05) is 196 Å². The smallest absolute Gasteiger partial charge is 0.164 e. The summed E-state index contributed by atoms with van der Waals surface area (Å²) >= 11 is 0. The lowest BCUT2D eigenvalue weighted by atomic mass is 9.81. The third-order valence-corrected chi connectivity index (χ3v) is 13.2. The van der Waals surface area contributed by atoms with Gasteiger partial charge in [-0.15, -0.1) is 0 Å². The Balaban J connectivity index is 1.10. The molecule has 2 heterocycles. The maximum atomic E-state index is 7.23. The second-order valence-corrected chi connectivity index (χ2v) is 17.6. The van der Waals surface area contributed by atoms with Gasteiger partial charge < -0.3 is 4.74 Å². The molecule has 2 aliphatic rings. The van der Waals surface area contributed by atoms with Crippen LogP contribution in [0.15, 0.2) is 212 Å². The molecular weight excluding hydrogens is 803 g/mol. The van der Waals surface area contributed by atoms with Crippen LogP contribution in [0.1, 0.15) is 36.1 Å². The Morgan fingerprint density at radius 2 is 0.818 bits per heavy atom. The predicted octanol–water partition coefficient (Wildman–Crippen LogP) is 16.1. The number of hydrogen-bond acceptors (Lipinski definition) is 4. The zero-order valence-electron chi connectivity index (χ0n) is 36.6. The minimum absolute atomic E-state index is 0.222. The van der Waals surface area contributed by atoms with Crippen molar-refractivity contribution >= 4 is 12.2 Å². The molecule has 1 aliphatic heterocycles. The first-order valence-corrected chi connectivity index (χ1v) is 22.5. The van der Waals surface area contributed by atoms with E-state index in [-0.39, 0.29) is 5.41 Å². The molecule has 66 heavy (non-hydrogen) atoms. The maximum absolute atomic E-state index is 7.23. The molecule has 4 heteroatoms. The molecule has 0 spiro atoms. The molecule has 4 nitrogen and oxygen atoms in total. The average molecular weight is 846 g/mol. The third-order valence-electron chi connectivity index (χ3n) is 13.2. The topological polar surface area (TPSA) is 47.9 Å². The Morgan fingerprint density at radius 1 is 0.303 bits per heavy atom. The molecular formula is C62H43N3O. The zero-order valence-corrected chi connectivity index (χ0v) is 36.6. The summed E-state index contributed by atoms with van der Waals surface area (Å²) in [7, 11) is 0. The van der Waals surface area contributed by atoms with Gasteiger partial charge in [-0.25, -0.2) is 15.0 Å². The lowest BCUT2D eigenvalue weighted by Gasteiger charge is -2.23. The Labute approximate surface area is 385 Å². The highest BCUT2D eigenvalue weighted by molar-refractivity contribution is 5.94. The molecule has 0 amide bonds. The fourth-order valence-corrected chi connectivity index (χ4v) is 9.76.